The Morgan fingerprint density at radius 2 is 1.94 bits per heavy atom. The van der Waals surface area contributed by atoms with Gasteiger partial charge in [0.1, 0.15) is 4.32 Å². The van der Waals surface area contributed by atoms with Crippen LogP contribution in [-0.4, -0.2) is 33.1 Å². The molecule has 5 nitrogen and oxygen atoms in total. The van der Waals surface area contributed by atoms with E-state index in [0.717, 1.165) is 27.8 Å². The van der Waals surface area contributed by atoms with Gasteiger partial charge in [-0.05, 0) is 29.3 Å². The molecule has 1 fully saturated rings. The quantitative estimate of drug-likeness (QED) is 0.312. The smallest absolute Gasteiger partial charge is 0.266 e. The zero-order valence-corrected chi connectivity index (χ0v) is 21.3. The van der Waals surface area contributed by atoms with Crippen LogP contribution in [0.25, 0.3) is 0 Å². The summed E-state index contributed by atoms with van der Waals surface area (Å²) in [5.74, 6) is -0.656. The molecule has 168 valence electrons. The molecule has 0 atom stereocenters. The van der Waals surface area contributed by atoms with Gasteiger partial charge in [-0.25, -0.2) is 4.98 Å². The second-order valence-corrected chi connectivity index (χ2v) is 10.8. The number of likely N-dealkylation sites (N-methyl/N-ethyl adjacent to an activating group) is 1. The van der Waals surface area contributed by atoms with Crippen LogP contribution in [0.1, 0.15) is 16.0 Å². The van der Waals surface area contributed by atoms with Gasteiger partial charge < -0.3 is 0 Å². The Labute approximate surface area is 214 Å². The fourth-order valence-electron chi connectivity index (χ4n) is 3.18. The molecule has 4 rings (SSSR count). The van der Waals surface area contributed by atoms with Crippen LogP contribution in [0.5, 0.6) is 0 Å². The Morgan fingerprint density at radius 3 is 2.64 bits per heavy atom. The molecule has 2 amide bonds. The number of nitrogens with one attached hydrogen (secondary N) is 1. The first kappa shape index (κ1) is 23.9. The first-order chi connectivity index (χ1) is 15.8. The number of carbonyl (C=O) groups is 2. The van der Waals surface area contributed by atoms with Gasteiger partial charge in [0, 0.05) is 46.6 Å². The summed E-state index contributed by atoms with van der Waals surface area (Å²) in [7, 11) is 1.61. The van der Waals surface area contributed by atoms with Crippen LogP contribution in [-0.2, 0) is 22.4 Å². The molecule has 1 aromatic heterocycles. The number of hydrogen-bond acceptors (Lipinski definition) is 6. The van der Waals surface area contributed by atoms with Crippen molar-refractivity contribution in [2.45, 2.75) is 12.8 Å². The van der Waals surface area contributed by atoms with Crippen molar-refractivity contribution >= 4 is 79.8 Å². The summed E-state index contributed by atoms with van der Waals surface area (Å²) in [6.07, 6.45) is 2.53. The molecule has 0 aliphatic carbocycles. The van der Waals surface area contributed by atoms with E-state index in [0.29, 0.717) is 42.8 Å². The average Bonchev–Trinajstić information content (AvgIpc) is 3.34. The van der Waals surface area contributed by atoms with Gasteiger partial charge in [-0.2, -0.15) is 0 Å². The number of anilines is 1. The Hall–Kier alpha value is -2.23. The number of nitrogens with zero attached hydrogens (tertiary/aromatic N) is 2. The summed E-state index contributed by atoms with van der Waals surface area (Å²) < 4.78 is 0.420. The number of amides is 2. The number of halogens is 2. The lowest BCUT2D eigenvalue weighted by atomic mass is 10.0. The highest BCUT2D eigenvalue weighted by atomic mass is 35.5. The molecule has 2 aromatic carbocycles. The molecule has 0 spiro atoms. The van der Waals surface area contributed by atoms with Crippen LogP contribution in [0.4, 0.5) is 5.13 Å². The molecule has 1 aliphatic heterocycles. The predicted molar refractivity (Wildman–Crippen MR) is 140 cm³/mol. The van der Waals surface area contributed by atoms with E-state index in [2.05, 4.69) is 10.3 Å². The van der Waals surface area contributed by atoms with Crippen LogP contribution in [0, 0.1) is 0 Å². The lowest BCUT2D eigenvalue weighted by Gasteiger charge is -2.10. The van der Waals surface area contributed by atoms with Gasteiger partial charge in [0.15, 0.2) is 5.13 Å². The molecular weight excluding hydrogens is 517 g/mol. The summed E-state index contributed by atoms with van der Waals surface area (Å²) in [4.78, 5) is 32.9. The van der Waals surface area contributed by atoms with E-state index in [4.69, 9.17) is 35.4 Å². The highest BCUT2D eigenvalue weighted by Crippen LogP contribution is 2.34. The molecule has 1 aliphatic rings. The first-order valence-electron chi connectivity index (χ1n) is 9.78. The van der Waals surface area contributed by atoms with E-state index in [-0.39, 0.29) is 11.8 Å². The number of aromatic nitrogens is 1. The highest BCUT2D eigenvalue weighted by molar-refractivity contribution is 8.26. The van der Waals surface area contributed by atoms with Gasteiger partial charge in [-0.1, -0.05) is 77.5 Å². The third-order valence-corrected chi connectivity index (χ3v) is 7.99. The molecular formula is C23H17Cl2N3O2S3. The molecule has 10 heteroatoms. The van der Waals surface area contributed by atoms with E-state index >= 15 is 0 Å². The van der Waals surface area contributed by atoms with Crippen molar-refractivity contribution in [2.75, 3.05) is 12.4 Å². The van der Waals surface area contributed by atoms with Crippen LogP contribution in [0.3, 0.4) is 0 Å². The minimum Gasteiger partial charge on any atom is -0.298 e. The lowest BCUT2D eigenvalue weighted by molar-refractivity contribution is -0.122. The van der Waals surface area contributed by atoms with Crippen molar-refractivity contribution < 1.29 is 9.59 Å². The second kappa shape index (κ2) is 10.4. The van der Waals surface area contributed by atoms with E-state index in [9.17, 15) is 9.59 Å². The monoisotopic (exact) mass is 533 g/mol. The van der Waals surface area contributed by atoms with Crippen molar-refractivity contribution in [1.82, 2.24) is 9.88 Å². The van der Waals surface area contributed by atoms with Crippen molar-refractivity contribution in [3.05, 3.63) is 91.3 Å². The molecule has 0 radical (unpaired) electrons. The summed E-state index contributed by atoms with van der Waals surface area (Å²) in [5.41, 5.74) is 2.15. The molecule has 33 heavy (non-hydrogen) atoms. The van der Waals surface area contributed by atoms with Crippen molar-refractivity contribution in [3.63, 3.8) is 0 Å². The Morgan fingerprint density at radius 1 is 1.18 bits per heavy atom. The molecule has 0 unspecified atom stereocenters. The Kier molecular flexibility index (Phi) is 7.51. The largest absolute Gasteiger partial charge is 0.298 e. The maximum Gasteiger partial charge on any atom is 0.266 e. The maximum atomic E-state index is 13.3. The zero-order chi connectivity index (χ0) is 23.5. The molecule has 1 N–H and O–H groups in total. The van der Waals surface area contributed by atoms with Crippen LogP contribution in [0.15, 0.2) is 65.2 Å². The number of thiocarbonyl (C=S) groups is 1. The number of benzene rings is 2. The molecule has 1 saturated heterocycles. The number of thioether (sulfide) groups is 1. The van der Waals surface area contributed by atoms with E-state index in [1.807, 2.05) is 36.4 Å². The van der Waals surface area contributed by atoms with Gasteiger partial charge >= 0.3 is 0 Å². The summed E-state index contributed by atoms with van der Waals surface area (Å²) in [6, 6.07) is 14.8. The second-order valence-electron chi connectivity index (χ2n) is 7.20. The summed E-state index contributed by atoms with van der Waals surface area (Å²) in [6.45, 7) is 0. The maximum absolute atomic E-state index is 13.3. The lowest BCUT2D eigenvalue weighted by Crippen LogP contribution is -2.24. The number of carbonyl (C=O) groups excluding carboxylic acids is 2. The zero-order valence-electron chi connectivity index (χ0n) is 17.3. The van der Waals surface area contributed by atoms with Crippen LogP contribution >= 0.6 is 58.5 Å². The SMILES string of the molecule is CN1C(=O)/C(=C(/Cc2ccccc2)C(=O)Nc2ncc(Cc3cc(Cl)ccc3Cl)s2)SC1=S. The number of thiazole rings is 1. The molecule has 0 bridgehead atoms. The minimum absolute atomic E-state index is 0.276. The highest BCUT2D eigenvalue weighted by Gasteiger charge is 2.34. The van der Waals surface area contributed by atoms with Gasteiger partial charge in [0.2, 0.25) is 0 Å². The van der Waals surface area contributed by atoms with E-state index in [1.165, 1.54) is 16.2 Å². The van der Waals surface area contributed by atoms with E-state index in [1.54, 1.807) is 25.4 Å². The minimum atomic E-state index is -0.380. The third kappa shape index (κ3) is 5.65. The van der Waals surface area contributed by atoms with E-state index < -0.39 is 0 Å². The number of hydrogen-bond donors (Lipinski definition) is 1. The van der Waals surface area contributed by atoms with Crippen molar-refractivity contribution in [1.29, 1.82) is 0 Å². The number of rotatable bonds is 6. The summed E-state index contributed by atoms with van der Waals surface area (Å²) in [5, 5.41) is 4.50. The van der Waals surface area contributed by atoms with Crippen molar-refractivity contribution in [2.24, 2.45) is 0 Å². The standard InChI is InChI=1S/C23H17Cl2N3O2S3/c1-28-21(30)19(33-23(28)31)17(9-13-5-3-2-4-6-13)20(29)27-22-26-12-16(32-22)11-14-10-15(24)7-8-18(14)25/h2-8,10,12H,9,11H2,1H3,(H,26,27,29)/b19-17+. The topological polar surface area (TPSA) is 62.3 Å². The van der Waals surface area contributed by atoms with Crippen molar-refractivity contribution in [3.8, 4) is 0 Å². The van der Waals surface area contributed by atoms with Crippen LogP contribution in [0.2, 0.25) is 10.0 Å². The first-order valence-corrected chi connectivity index (χ1v) is 12.6. The normalized spacial score (nSPS) is 15.2. The van der Waals surface area contributed by atoms with Gasteiger partial charge in [0.25, 0.3) is 11.8 Å². The Balaban J connectivity index is 1.57. The molecule has 3 aromatic rings. The van der Waals surface area contributed by atoms with Gasteiger partial charge in [-0.15, -0.1) is 11.3 Å². The fraction of sp³-hybridized carbons (Fsp3) is 0.130. The van der Waals surface area contributed by atoms with Gasteiger partial charge in [-0.3, -0.25) is 19.8 Å². The third-order valence-electron chi connectivity index (χ3n) is 4.88. The molecule has 2 heterocycles. The average molecular weight is 535 g/mol. The van der Waals surface area contributed by atoms with Crippen LogP contribution < -0.4 is 5.32 Å². The van der Waals surface area contributed by atoms with Gasteiger partial charge in [0.05, 0.1) is 4.91 Å². The Bertz CT molecular complexity index is 1270. The molecule has 0 saturated carbocycles. The fourth-order valence-corrected chi connectivity index (χ4v) is 5.62. The predicted octanol–water partition coefficient (Wildman–Crippen LogP) is 5.97. The summed E-state index contributed by atoms with van der Waals surface area (Å²) >= 11 is 20.1.